The number of hydrogen-bond donors (Lipinski definition) is 1. The molecule has 0 aromatic carbocycles. The van der Waals surface area contributed by atoms with Crippen molar-refractivity contribution >= 4 is 6.03 Å². The fraction of sp³-hybridized carbons (Fsp3) is 0.950. The average Bonchev–Trinajstić information content (AvgIpc) is 2.79. The summed E-state index contributed by atoms with van der Waals surface area (Å²) in [6.45, 7) is 2.49. The molecule has 2 heterocycles. The number of rotatable bonds is 2. The Bertz CT molecular complexity index is 506. The topological polar surface area (TPSA) is 41.6 Å². The summed E-state index contributed by atoms with van der Waals surface area (Å²) in [5.41, 5.74) is 0.577. The fourth-order valence-electron chi connectivity index (χ4n) is 7.53. The zero-order valence-electron chi connectivity index (χ0n) is 15.2. The average molecular weight is 332 g/mol. The Hall–Kier alpha value is -0.770. The number of nitrogens with zero attached hydrogens (tertiary/aromatic N) is 1. The molecule has 2 saturated heterocycles. The van der Waals surface area contributed by atoms with Crippen LogP contribution in [-0.4, -0.2) is 42.3 Å². The number of methoxy groups -OCH3 is 1. The number of amides is 2. The standard InChI is InChI=1S/C20H32N2O2/c1-20-9-12-5-13(10-20)18(14(6-12)11-20)21-19(23)22-15-3-4-16(22)8-17(7-15)24-2/h12-18H,3-11H2,1-2H3,(H,21,23)/t12?,13?,14?,15-,16+,17+,18-,20+. The van der Waals surface area contributed by atoms with Crippen LogP contribution in [0.25, 0.3) is 0 Å². The van der Waals surface area contributed by atoms with Gasteiger partial charge in [0.2, 0.25) is 0 Å². The lowest BCUT2D eigenvalue weighted by Crippen LogP contribution is -2.62. The Kier molecular flexibility index (Phi) is 3.46. The van der Waals surface area contributed by atoms with E-state index in [9.17, 15) is 4.79 Å². The monoisotopic (exact) mass is 332 g/mol. The van der Waals surface area contributed by atoms with Crippen LogP contribution < -0.4 is 5.32 Å². The third-order valence-corrected chi connectivity index (χ3v) is 8.13. The lowest BCUT2D eigenvalue weighted by molar-refractivity contribution is -0.0652. The van der Waals surface area contributed by atoms with Gasteiger partial charge in [0.05, 0.1) is 6.10 Å². The molecule has 5 atom stereocenters. The van der Waals surface area contributed by atoms with E-state index in [4.69, 9.17) is 4.74 Å². The van der Waals surface area contributed by atoms with Crippen LogP contribution in [-0.2, 0) is 4.74 Å². The highest BCUT2D eigenvalue weighted by molar-refractivity contribution is 5.76. The van der Waals surface area contributed by atoms with Crippen LogP contribution in [0.15, 0.2) is 0 Å². The van der Waals surface area contributed by atoms with Gasteiger partial charge in [-0.1, -0.05) is 6.92 Å². The van der Waals surface area contributed by atoms with E-state index in [1.807, 2.05) is 7.11 Å². The van der Waals surface area contributed by atoms with E-state index in [0.29, 0.717) is 29.6 Å². The lowest BCUT2D eigenvalue weighted by atomic mass is 9.48. The molecule has 4 nitrogen and oxygen atoms in total. The Morgan fingerprint density at radius 2 is 1.67 bits per heavy atom. The largest absolute Gasteiger partial charge is 0.381 e. The van der Waals surface area contributed by atoms with E-state index in [1.54, 1.807) is 0 Å². The molecule has 6 fully saturated rings. The molecule has 0 aromatic heterocycles. The number of nitrogens with one attached hydrogen (secondary N) is 1. The van der Waals surface area contributed by atoms with Crippen LogP contribution in [0.2, 0.25) is 0 Å². The van der Waals surface area contributed by atoms with Crippen molar-refractivity contribution in [2.24, 2.45) is 23.2 Å². The molecule has 6 bridgehead atoms. The van der Waals surface area contributed by atoms with Gasteiger partial charge >= 0.3 is 6.03 Å². The van der Waals surface area contributed by atoms with Crippen molar-refractivity contribution in [3.05, 3.63) is 0 Å². The number of carbonyl (C=O) groups is 1. The molecular formula is C20H32N2O2. The summed E-state index contributed by atoms with van der Waals surface area (Å²) in [4.78, 5) is 15.3. The van der Waals surface area contributed by atoms with Crippen LogP contribution in [0.4, 0.5) is 4.79 Å². The first-order valence-corrected chi connectivity index (χ1v) is 10.2. The number of hydrogen-bond acceptors (Lipinski definition) is 2. The quantitative estimate of drug-likeness (QED) is 0.840. The van der Waals surface area contributed by atoms with Crippen molar-refractivity contribution in [2.45, 2.75) is 88.9 Å². The molecule has 4 saturated carbocycles. The zero-order chi connectivity index (χ0) is 16.5. The van der Waals surface area contributed by atoms with Crippen LogP contribution in [0, 0.1) is 23.2 Å². The molecule has 0 aromatic rings. The first-order valence-electron chi connectivity index (χ1n) is 10.2. The van der Waals surface area contributed by atoms with E-state index in [2.05, 4.69) is 17.1 Å². The number of ether oxygens (including phenoxy) is 1. The van der Waals surface area contributed by atoms with E-state index >= 15 is 0 Å². The van der Waals surface area contributed by atoms with Crippen LogP contribution in [0.5, 0.6) is 0 Å². The molecule has 2 unspecified atom stereocenters. The number of carbonyl (C=O) groups excluding carboxylic acids is 1. The van der Waals surface area contributed by atoms with E-state index < -0.39 is 0 Å². The number of fused-ring (bicyclic) bond motifs is 2. The lowest BCUT2D eigenvalue weighted by Gasteiger charge is -2.59. The normalized spacial score (nSPS) is 51.9. The molecule has 2 aliphatic heterocycles. The molecule has 0 radical (unpaired) electrons. The van der Waals surface area contributed by atoms with Crippen LogP contribution in [0.3, 0.4) is 0 Å². The predicted octanol–water partition coefficient (Wildman–Crippen LogP) is 3.55. The minimum atomic E-state index is 0.236. The Morgan fingerprint density at radius 3 is 2.21 bits per heavy atom. The summed E-state index contributed by atoms with van der Waals surface area (Å²) in [5, 5.41) is 3.53. The maximum atomic E-state index is 13.1. The van der Waals surface area contributed by atoms with Gasteiger partial charge in [0.1, 0.15) is 0 Å². The molecular weight excluding hydrogens is 300 g/mol. The number of urea groups is 1. The van der Waals surface area contributed by atoms with Crippen molar-refractivity contribution in [3.63, 3.8) is 0 Å². The van der Waals surface area contributed by atoms with Crippen molar-refractivity contribution in [3.8, 4) is 0 Å². The smallest absolute Gasteiger partial charge is 0.318 e. The highest BCUT2D eigenvalue weighted by Crippen LogP contribution is 2.59. The number of piperidine rings is 1. The Balaban J connectivity index is 1.28. The Labute approximate surface area is 145 Å². The van der Waals surface area contributed by atoms with Crippen molar-refractivity contribution < 1.29 is 9.53 Å². The minimum absolute atomic E-state index is 0.236. The van der Waals surface area contributed by atoms with Gasteiger partial charge in [0.15, 0.2) is 0 Å². The second-order valence-corrected chi connectivity index (χ2v) is 9.88. The third-order valence-electron chi connectivity index (χ3n) is 8.13. The van der Waals surface area contributed by atoms with Gasteiger partial charge in [-0.25, -0.2) is 4.79 Å². The Morgan fingerprint density at radius 1 is 1.04 bits per heavy atom. The molecule has 4 aliphatic carbocycles. The molecule has 2 amide bonds. The van der Waals surface area contributed by atoms with Crippen molar-refractivity contribution in [1.29, 1.82) is 0 Å². The van der Waals surface area contributed by atoms with Crippen LogP contribution in [0.1, 0.15) is 64.7 Å². The molecule has 4 heteroatoms. The van der Waals surface area contributed by atoms with E-state index in [0.717, 1.165) is 43.4 Å². The molecule has 6 rings (SSSR count). The highest BCUT2D eigenvalue weighted by Gasteiger charge is 2.54. The maximum absolute atomic E-state index is 13.1. The van der Waals surface area contributed by atoms with Gasteiger partial charge in [0.25, 0.3) is 0 Å². The third kappa shape index (κ3) is 2.32. The molecule has 1 N–H and O–H groups in total. The molecule has 6 aliphatic rings. The minimum Gasteiger partial charge on any atom is -0.381 e. The van der Waals surface area contributed by atoms with E-state index in [1.165, 1.54) is 32.1 Å². The summed E-state index contributed by atoms with van der Waals surface area (Å²) >= 11 is 0. The van der Waals surface area contributed by atoms with Crippen molar-refractivity contribution in [1.82, 2.24) is 10.2 Å². The van der Waals surface area contributed by atoms with Gasteiger partial charge in [-0.05, 0) is 81.0 Å². The van der Waals surface area contributed by atoms with Gasteiger partial charge in [-0.2, -0.15) is 0 Å². The summed E-state index contributed by atoms with van der Waals surface area (Å²) in [5.74, 6) is 2.41. The first-order chi connectivity index (χ1) is 11.5. The van der Waals surface area contributed by atoms with Gasteiger partial charge < -0.3 is 15.0 Å². The summed E-state index contributed by atoms with van der Waals surface area (Å²) < 4.78 is 5.58. The predicted molar refractivity (Wildman–Crippen MR) is 92.7 cm³/mol. The summed E-state index contributed by atoms with van der Waals surface area (Å²) in [6.07, 6.45) is 11.6. The van der Waals surface area contributed by atoms with Crippen molar-refractivity contribution in [2.75, 3.05) is 7.11 Å². The SMILES string of the molecule is CO[C@H]1C[C@H]2CC[C@@H](C1)N2C(=O)N[C@H]1C2CC3CC1C[C@](C)(C3)C2. The molecule has 24 heavy (non-hydrogen) atoms. The maximum Gasteiger partial charge on any atom is 0.318 e. The van der Waals surface area contributed by atoms with E-state index in [-0.39, 0.29) is 6.03 Å². The second kappa shape index (κ2) is 5.36. The van der Waals surface area contributed by atoms with Crippen LogP contribution >= 0.6 is 0 Å². The van der Waals surface area contributed by atoms with Gasteiger partial charge in [0, 0.05) is 25.2 Å². The fourth-order valence-corrected chi connectivity index (χ4v) is 7.53. The molecule has 134 valence electrons. The second-order valence-electron chi connectivity index (χ2n) is 9.88. The zero-order valence-corrected chi connectivity index (χ0v) is 15.2. The van der Waals surface area contributed by atoms with Gasteiger partial charge in [-0.15, -0.1) is 0 Å². The first kappa shape index (κ1) is 15.5. The molecule has 0 spiro atoms. The summed E-state index contributed by atoms with van der Waals surface area (Å²) in [6, 6.07) is 1.49. The highest BCUT2D eigenvalue weighted by atomic mass is 16.5. The summed E-state index contributed by atoms with van der Waals surface area (Å²) in [7, 11) is 1.81. The van der Waals surface area contributed by atoms with Gasteiger partial charge in [-0.3, -0.25) is 0 Å².